The summed E-state index contributed by atoms with van der Waals surface area (Å²) in [4.78, 5) is 18.0. The molecule has 33 heavy (non-hydrogen) atoms. The minimum atomic E-state index is -0.306. The number of carbonyl (C=O) groups excluding carboxylic acids is 1. The van der Waals surface area contributed by atoms with Gasteiger partial charge in [0.15, 0.2) is 0 Å². The Morgan fingerprint density at radius 2 is 1.82 bits per heavy atom. The lowest BCUT2D eigenvalue weighted by atomic mass is 10.2. The van der Waals surface area contributed by atoms with E-state index in [9.17, 15) is 9.18 Å². The smallest absolute Gasteiger partial charge is 0.265 e. The molecule has 0 saturated heterocycles. The predicted octanol–water partition coefficient (Wildman–Crippen LogP) is 7.30. The van der Waals surface area contributed by atoms with Crippen LogP contribution in [0.15, 0.2) is 78.2 Å². The van der Waals surface area contributed by atoms with Crippen molar-refractivity contribution in [2.75, 3.05) is 5.32 Å². The quantitative estimate of drug-likeness (QED) is 0.281. The molecule has 164 valence electrons. The fourth-order valence-corrected chi connectivity index (χ4v) is 5.17. The number of nitrogens with zero attached hydrogens (tertiary/aromatic N) is 1. The lowest BCUT2D eigenvalue weighted by molar-refractivity contribution is 0.103. The maximum atomic E-state index is 13.0. The highest BCUT2D eigenvalue weighted by atomic mass is 32.1. The summed E-state index contributed by atoms with van der Waals surface area (Å²) in [6.45, 7) is 2.39. The number of fused-ring (bicyclic) bond motifs is 1. The van der Waals surface area contributed by atoms with E-state index < -0.39 is 0 Å². The molecule has 0 fully saturated rings. The van der Waals surface area contributed by atoms with Crippen molar-refractivity contribution < 1.29 is 13.9 Å². The van der Waals surface area contributed by atoms with Crippen molar-refractivity contribution in [1.29, 1.82) is 0 Å². The summed E-state index contributed by atoms with van der Waals surface area (Å²) in [5.41, 5.74) is 4.83. The Morgan fingerprint density at radius 1 is 1.03 bits per heavy atom. The Balaban J connectivity index is 1.22. The van der Waals surface area contributed by atoms with Crippen molar-refractivity contribution in [2.45, 2.75) is 13.5 Å². The van der Waals surface area contributed by atoms with E-state index in [1.807, 2.05) is 35.7 Å². The molecule has 5 aromatic rings. The van der Waals surface area contributed by atoms with Crippen molar-refractivity contribution in [3.8, 4) is 16.3 Å². The van der Waals surface area contributed by atoms with Gasteiger partial charge in [0, 0.05) is 16.8 Å². The first-order valence-corrected chi connectivity index (χ1v) is 12.0. The zero-order chi connectivity index (χ0) is 22.8. The summed E-state index contributed by atoms with van der Waals surface area (Å²) < 4.78 is 19.8. The van der Waals surface area contributed by atoms with Gasteiger partial charge in [-0.25, -0.2) is 9.37 Å². The van der Waals surface area contributed by atoms with Gasteiger partial charge >= 0.3 is 0 Å². The van der Waals surface area contributed by atoms with Gasteiger partial charge in [0.1, 0.15) is 23.2 Å². The number of aromatic nitrogens is 1. The topological polar surface area (TPSA) is 51.2 Å². The number of rotatable bonds is 6. The van der Waals surface area contributed by atoms with E-state index in [1.54, 1.807) is 29.5 Å². The summed E-state index contributed by atoms with van der Waals surface area (Å²) >= 11 is 3.02. The summed E-state index contributed by atoms with van der Waals surface area (Å²) in [7, 11) is 0. The maximum Gasteiger partial charge on any atom is 0.265 e. The van der Waals surface area contributed by atoms with Gasteiger partial charge in [-0.05, 0) is 84.6 Å². The third kappa shape index (κ3) is 4.94. The lowest BCUT2D eigenvalue weighted by Crippen LogP contribution is -2.10. The van der Waals surface area contributed by atoms with Gasteiger partial charge in [0.05, 0.1) is 15.1 Å². The molecule has 0 aliphatic rings. The molecule has 0 atom stereocenters. The van der Waals surface area contributed by atoms with Crippen LogP contribution in [0.1, 0.15) is 20.8 Å². The van der Waals surface area contributed by atoms with Crippen LogP contribution < -0.4 is 10.1 Å². The molecule has 5 rings (SSSR count). The number of hydrogen-bond donors (Lipinski definition) is 1. The van der Waals surface area contributed by atoms with Crippen LogP contribution in [0.3, 0.4) is 0 Å². The molecule has 1 N–H and O–H groups in total. The molecular formula is C26H19FN2O2S2. The van der Waals surface area contributed by atoms with Gasteiger partial charge in [-0.15, -0.1) is 22.7 Å². The highest BCUT2D eigenvalue weighted by Gasteiger charge is 2.11. The molecule has 0 saturated carbocycles. The number of benzene rings is 3. The fraction of sp³-hybridized carbons (Fsp3) is 0.0769. The minimum absolute atomic E-state index is 0.170. The number of ether oxygens (including phenoxy) is 1. The van der Waals surface area contributed by atoms with Gasteiger partial charge in [-0.3, -0.25) is 4.79 Å². The Labute approximate surface area is 198 Å². The molecule has 0 spiro atoms. The van der Waals surface area contributed by atoms with Crippen molar-refractivity contribution in [3.63, 3.8) is 0 Å². The van der Waals surface area contributed by atoms with E-state index in [1.165, 1.54) is 33.7 Å². The highest BCUT2D eigenvalue weighted by Crippen LogP contribution is 2.31. The van der Waals surface area contributed by atoms with Gasteiger partial charge in [0.2, 0.25) is 0 Å². The van der Waals surface area contributed by atoms with Crippen molar-refractivity contribution in [2.24, 2.45) is 0 Å². The molecule has 0 aliphatic carbocycles. The standard InChI is InChI=1S/C26H19FN2O2S2/c1-16-2-11-22-23(12-16)33-26(29-22)18-3-7-20(8-4-18)28-25(30)24-13-17(15-32-24)14-31-21-9-5-19(27)6-10-21/h2-13,15H,14H2,1H3,(H,28,30). The van der Waals surface area contributed by atoms with E-state index in [-0.39, 0.29) is 11.7 Å². The fourth-order valence-electron chi connectivity index (χ4n) is 3.31. The number of halogens is 1. The number of carbonyl (C=O) groups is 1. The number of aryl methyl sites for hydroxylation is 1. The van der Waals surface area contributed by atoms with E-state index in [0.29, 0.717) is 17.2 Å². The molecule has 4 nitrogen and oxygen atoms in total. The van der Waals surface area contributed by atoms with Crippen LogP contribution >= 0.6 is 22.7 Å². The second kappa shape index (κ2) is 9.13. The van der Waals surface area contributed by atoms with Gasteiger partial charge in [-0.2, -0.15) is 0 Å². The Bertz CT molecular complexity index is 1420. The number of thiophene rings is 1. The first-order valence-electron chi connectivity index (χ1n) is 10.3. The number of thiazole rings is 1. The normalized spacial score (nSPS) is 11.0. The van der Waals surface area contributed by atoms with E-state index >= 15 is 0 Å². The molecular weight excluding hydrogens is 455 g/mol. The monoisotopic (exact) mass is 474 g/mol. The molecule has 3 aromatic carbocycles. The molecule has 0 radical (unpaired) electrons. The first kappa shape index (κ1) is 21.3. The Kier molecular flexibility index (Phi) is 5.90. The lowest BCUT2D eigenvalue weighted by Gasteiger charge is -2.05. The molecule has 0 aliphatic heterocycles. The second-order valence-corrected chi connectivity index (χ2v) is 9.53. The summed E-state index contributed by atoms with van der Waals surface area (Å²) in [6, 6.07) is 21.6. The van der Waals surface area contributed by atoms with Crippen molar-refractivity contribution in [1.82, 2.24) is 4.98 Å². The van der Waals surface area contributed by atoms with Crippen LogP contribution in [0.2, 0.25) is 0 Å². The van der Waals surface area contributed by atoms with E-state index in [4.69, 9.17) is 9.72 Å². The van der Waals surface area contributed by atoms with Gasteiger partial charge in [0.25, 0.3) is 5.91 Å². The summed E-state index contributed by atoms with van der Waals surface area (Å²) in [5.74, 6) is 0.105. The summed E-state index contributed by atoms with van der Waals surface area (Å²) in [5, 5.41) is 5.78. The van der Waals surface area contributed by atoms with Crippen molar-refractivity contribution in [3.05, 3.63) is 100.0 Å². The molecule has 7 heteroatoms. The predicted molar refractivity (Wildman–Crippen MR) is 133 cm³/mol. The van der Waals surface area contributed by atoms with Crippen LogP contribution in [-0.2, 0) is 6.61 Å². The van der Waals surface area contributed by atoms with Crippen LogP contribution in [0.25, 0.3) is 20.8 Å². The summed E-state index contributed by atoms with van der Waals surface area (Å²) in [6.07, 6.45) is 0. The number of amides is 1. The first-order chi connectivity index (χ1) is 16.0. The van der Waals surface area contributed by atoms with Crippen LogP contribution in [-0.4, -0.2) is 10.9 Å². The third-order valence-electron chi connectivity index (χ3n) is 5.03. The maximum absolute atomic E-state index is 13.0. The number of hydrogen-bond acceptors (Lipinski definition) is 5. The Morgan fingerprint density at radius 3 is 2.61 bits per heavy atom. The van der Waals surface area contributed by atoms with E-state index in [0.717, 1.165) is 27.3 Å². The number of nitrogens with one attached hydrogen (secondary N) is 1. The third-order valence-corrected chi connectivity index (χ3v) is 7.08. The molecule has 2 heterocycles. The average molecular weight is 475 g/mol. The molecule has 0 bridgehead atoms. The Hall–Kier alpha value is -3.55. The largest absolute Gasteiger partial charge is 0.489 e. The second-order valence-electron chi connectivity index (χ2n) is 7.58. The highest BCUT2D eigenvalue weighted by molar-refractivity contribution is 7.21. The number of anilines is 1. The molecule has 1 amide bonds. The molecule has 2 aromatic heterocycles. The van der Waals surface area contributed by atoms with Crippen LogP contribution in [0.5, 0.6) is 5.75 Å². The SMILES string of the molecule is Cc1ccc2nc(-c3ccc(NC(=O)c4cc(COc5ccc(F)cc5)cs4)cc3)sc2c1. The van der Waals surface area contributed by atoms with Crippen LogP contribution in [0.4, 0.5) is 10.1 Å². The zero-order valence-corrected chi connectivity index (χ0v) is 19.3. The zero-order valence-electron chi connectivity index (χ0n) is 17.7. The van der Waals surface area contributed by atoms with Crippen LogP contribution in [0, 0.1) is 12.7 Å². The van der Waals surface area contributed by atoms with E-state index in [2.05, 4.69) is 24.4 Å². The average Bonchev–Trinajstić information content (AvgIpc) is 3.46. The minimum Gasteiger partial charge on any atom is -0.489 e. The molecule has 0 unspecified atom stereocenters. The van der Waals surface area contributed by atoms with Crippen molar-refractivity contribution >= 4 is 44.5 Å². The van der Waals surface area contributed by atoms with Gasteiger partial charge < -0.3 is 10.1 Å². The van der Waals surface area contributed by atoms with Gasteiger partial charge in [-0.1, -0.05) is 6.07 Å².